The molecule has 0 aliphatic heterocycles. The summed E-state index contributed by atoms with van der Waals surface area (Å²) in [4.78, 5) is 0. The molecule has 2 atom stereocenters. The highest BCUT2D eigenvalue weighted by Crippen LogP contribution is 2.35. The predicted octanol–water partition coefficient (Wildman–Crippen LogP) is 2.94. The van der Waals surface area contributed by atoms with Crippen molar-refractivity contribution >= 4 is 0 Å². The summed E-state index contributed by atoms with van der Waals surface area (Å²) in [5, 5.41) is 0. The SMILES string of the molecule is CC(N)C(C)N.c1ccc2c(c1)Cc1ccccc1-2. The molecule has 100 valence electrons. The largest absolute Gasteiger partial charge is 0.327 e. The summed E-state index contributed by atoms with van der Waals surface area (Å²) >= 11 is 0. The van der Waals surface area contributed by atoms with Crippen molar-refractivity contribution in [2.75, 3.05) is 0 Å². The Balaban J connectivity index is 0.000000192. The van der Waals surface area contributed by atoms with Gasteiger partial charge in [0.15, 0.2) is 0 Å². The van der Waals surface area contributed by atoms with Crippen LogP contribution >= 0.6 is 0 Å². The van der Waals surface area contributed by atoms with Gasteiger partial charge in [0.2, 0.25) is 0 Å². The Bertz CT molecular complexity index is 495. The highest BCUT2D eigenvalue weighted by molar-refractivity contribution is 5.76. The van der Waals surface area contributed by atoms with E-state index in [2.05, 4.69) is 48.5 Å². The van der Waals surface area contributed by atoms with Crippen LogP contribution < -0.4 is 11.5 Å². The molecule has 0 radical (unpaired) electrons. The Labute approximate surface area is 115 Å². The average molecular weight is 254 g/mol. The highest BCUT2D eigenvalue weighted by atomic mass is 14.7. The first-order valence-corrected chi connectivity index (χ1v) is 6.77. The first-order chi connectivity index (χ1) is 9.09. The summed E-state index contributed by atoms with van der Waals surface area (Å²) < 4.78 is 0. The third kappa shape index (κ3) is 3.22. The molecule has 0 spiro atoms. The fourth-order valence-electron chi connectivity index (χ4n) is 2.08. The Morgan fingerprint density at radius 3 is 1.47 bits per heavy atom. The molecule has 0 fully saturated rings. The second kappa shape index (κ2) is 6.00. The molecule has 4 N–H and O–H groups in total. The molecule has 1 aliphatic rings. The molecule has 2 unspecified atom stereocenters. The lowest BCUT2D eigenvalue weighted by Crippen LogP contribution is -2.35. The molecule has 0 saturated heterocycles. The maximum atomic E-state index is 5.31. The fourth-order valence-corrected chi connectivity index (χ4v) is 2.08. The Morgan fingerprint density at radius 1 is 0.737 bits per heavy atom. The molecule has 2 aromatic rings. The van der Waals surface area contributed by atoms with E-state index in [0.717, 1.165) is 6.42 Å². The average Bonchev–Trinajstić information content (AvgIpc) is 2.78. The van der Waals surface area contributed by atoms with E-state index in [1.54, 1.807) is 0 Å². The summed E-state index contributed by atoms with van der Waals surface area (Å²) in [6.07, 6.45) is 1.10. The third-order valence-corrected chi connectivity index (χ3v) is 3.54. The van der Waals surface area contributed by atoms with Crippen LogP contribution in [-0.2, 0) is 6.42 Å². The molecule has 2 aromatic carbocycles. The minimum Gasteiger partial charge on any atom is -0.327 e. The van der Waals surface area contributed by atoms with Gasteiger partial charge in [-0.15, -0.1) is 0 Å². The summed E-state index contributed by atoms with van der Waals surface area (Å²) in [6, 6.07) is 17.6. The number of benzene rings is 2. The van der Waals surface area contributed by atoms with Gasteiger partial charge in [0.05, 0.1) is 0 Å². The van der Waals surface area contributed by atoms with Gasteiger partial charge in [0.1, 0.15) is 0 Å². The van der Waals surface area contributed by atoms with Crippen LogP contribution in [0.15, 0.2) is 48.5 Å². The van der Waals surface area contributed by atoms with Crippen LogP contribution in [0, 0.1) is 0 Å². The van der Waals surface area contributed by atoms with Crippen LogP contribution in [0.4, 0.5) is 0 Å². The van der Waals surface area contributed by atoms with Gasteiger partial charge in [0.25, 0.3) is 0 Å². The van der Waals surface area contributed by atoms with Gasteiger partial charge < -0.3 is 11.5 Å². The van der Waals surface area contributed by atoms with Crippen molar-refractivity contribution in [1.82, 2.24) is 0 Å². The van der Waals surface area contributed by atoms with Gasteiger partial charge in [0, 0.05) is 12.1 Å². The number of rotatable bonds is 1. The van der Waals surface area contributed by atoms with Gasteiger partial charge in [-0.25, -0.2) is 0 Å². The molecule has 3 rings (SSSR count). The van der Waals surface area contributed by atoms with Crippen molar-refractivity contribution in [2.24, 2.45) is 11.5 Å². The highest BCUT2D eigenvalue weighted by Gasteiger charge is 2.15. The molecule has 19 heavy (non-hydrogen) atoms. The maximum absolute atomic E-state index is 5.31. The first-order valence-electron chi connectivity index (χ1n) is 6.77. The topological polar surface area (TPSA) is 52.0 Å². The molecule has 1 aliphatic carbocycles. The van der Waals surface area contributed by atoms with E-state index in [0.29, 0.717) is 0 Å². The van der Waals surface area contributed by atoms with Crippen LogP contribution in [0.5, 0.6) is 0 Å². The van der Waals surface area contributed by atoms with Crippen LogP contribution in [0.3, 0.4) is 0 Å². The number of hydrogen-bond donors (Lipinski definition) is 2. The lowest BCUT2D eigenvalue weighted by Gasteiger charge is -2.06. The van der Waals surface area contributed by atoms with E-state index in [1.807, 2.05) is 13.8 Å². The lowest BCUT2D eigenvalue weighted by atomic mass is 10.1. The van der Waals surface area contributed by atoms with E-state index in [4.69, 9.17) is 11.5 Å². The molecular formula is C17H22N2. The molecule has 0 bridgehead atoms. The van der Waals surface area contributed by atoms with Crippen molar-refractivity contribution in [3.63, 3.8) is 0 Å². The van der Waals surface area contributed by atoms with E-state index in [-0.39, 0.29) is 12.1 Å². The minimum absolute atomic E-state index is 0.130. The zero-order valence-electron chi connectivity index (χ0n) is 11.6. The van der Waals surface area contributed by atoms with E-state index in [9.17, 15) is 0 Å². The van der Waals surface area contributed by atoms with Crippen molar-refractivity contribution in [1.29, 1.82) is 0 Å². The molecule has 0 amide bonds. The fraction of sp³-hybridized carbons (Fsp3) is 0.294. The summed E-state index contributed by atoms with van der Waals surface area (Å²) in [5.74, 6) is 0. The van der Waals surface area contributed by atoms with Crippen molar-refractivity contribution in [3.8, 4) is 11.1 Å². The Kier molecular flexibility index (Phi) is 4.35. The first kappa shape index (κ1) is 13.8. The van der Waals surface area contributed by atoms with Crippen LogP contribution in [0.25, 0.3) is 11.1 Å². The zero-order valence-corrected chi connectivity index (χ0v) is 11.6. The smallest absolute Gasteiger partial charge is 0.0160 e. The predicted molar refractivity (Wildman–Crippen MR) is 82.0 cm³/mol. The lowest BCUT2D eigenvalue weighted by molar-refractivity contribution is 0.603. The standard InChI is InChI=1S/C13H10.C4H12N2/c1-3-7-12-10(5-1)9-11-6-2-4-8-13(11)12;1-3(5)4(2)6/h1-8H,9H2;3-4H,5-6H2,1-2H3. The number of fused-ring (bicyclic) bond motifs is 3. The van der Waals surface area contributed by atoms with E-state index < -0.39 is 0 Å². The quantitative estimate of drug-likeness (QED) is 0.701. The third-order valence-electron chi connectivity index (χ3n) is 3.54. The summed E-state index contributed by atoms with van der Waals surface area (Å²) in [5.41, 5.74) is 16.4. The maximum Gasteiger partial charge on any atom is 0.0160 e. The number of nitrogens with two attached hydrogens (primary N) is 2. The summed E-state index contributed by atoms with van der Waals surface area (Å²) in [7, 11) is 0. The molecular weight excluding hydrogens is 232 g/mol. The van der Waals surface area contributed by atoms with Crippen molar-refractivity contribution in [2.45, 2.75) is 32.4 Å². The molecule has 2 heteroatoms. The van der Waals surface area contributed by atoms with Gasteiger partial charge in [-0.2, -0.15) is 0 Å². The Morgan fingerprint density at radius 2 is 1.11 bits per heavy atom. The minimum atomic E-state index is 0.130. The van der Waals surface area contributed by atoms with Crippen LogP contribution in [0.2, 0.25) is 0 Å². The van der Waals surface area contributed by atoms with Gasteiger partial charge in [-0.1, -0.05) is 48.5 Å². The van der Waals surface area contributed by atoms with Crippen LogP contribution in [-0.4, -0.2) is 12.1 Å². The zero-order chi connectivity index (χ0) is 13.8. The van der Waals surface area contributed by atoms with Gasteiger partial charge in [-0.05, 0) is 42.5 Å². The second-order valence-corrected chi connectivity index (χ2v) is 5.21. The monoisotopic (exact) mass is 254 g/mol. The van der Waals surface area contributed by atoms with Crippen LogP contribution in [0.1, 0.15) is 25.0 Å². The van der Waals surface area contributed by atoms with Gasteiger partial charge in [-0.3, -0.25) is 0 Å². The van der Waals surface area contributed by atoms with Gasteiger partial charge >= 0.3 is 0 Å². The molecule has 2 nitrogen and oxygen atoms in total. The Hall–Kier alpha value is -1.64. The molecule has 0 aromatic heterocycles. The molecule has 0 saturated carbocycles. The number of hydrogen-bond acceptors (Lipinski definition) is 2. The summed E-state index contributed by atoms with van der Waals surface area (Å²) in [6.45, 7) is 3.79. The van der Waals surface area contributed by atoms with E-state index >= 15 is 0 Å². The second-order valence-electron chi connectivity index (χ2n) is 5.21. The van der Waals surface area contributed by atoms with Crippen molar-refractivity contribution < 1.29 is 0 Å². The van der Waals surface area contributed by atoms with E-state index in [1.165, 1.54) is 22.3 Å². The molecule has 0 heterocycles. The normalized spacial score (nSPS) is 14.7. The van der Waals surface area contributed by atoms with Crippen molar-refractivity contribution in [3.05, 3.63) is 59.7 Å².